The first-order chi connectivity index (χ1) is 14.4. The van der Waals surface area contributed by atoms with E-state index in [2.05, 4.69) is 51.5 Å². The minimum absolute atomic E-state index is 0.208. The Labute approximate surface area is 183 Å². The molecule has 7 nitrogen and oxygen atoms in total. The van der Waals surface area contributed by atoms with Gasteiger partial charge in [0.2, 0.25) is 0 Å². The molecule has 0 aromatic carbocycles. The number of hydrogen-bond donors (Lipinski definition) is 3. The van der Waals surface area contributed by atoms with Crippen LogP contribution < -0.4 is 15.5 Å². The smallest absolute Gasteiger partial charge is 0.191 e. The third-order valence-corrected chi connectivity index (χ3v) is 6.09. The summed E-state index contributed by atoms with van der Waals surface area (Å²) in [4.78, 5) is 12.5. The number of nitrogens with zero attached hydrogens (tertiary/aromatic N) is 3. The Bertz CT molecular complexity index is 797. The van der Waals surface area contributed by atoms with E-state index >= 15 is 0 Å². The lowest BCUT2D eigenvalue weighted by Crippen LogP contribution is -2.45. The summed E-state index contributed by atoms with van der Waals surface area (Å²) in [5.41, 5.74) is 0.0929. The lowest BCUT2D eigenvalue weighted by atomic mass is 10.1. The highest BCUT2D eigenvalue weighted by molar-refractivity contribution is 7.10. The molecule has 3 atom stereocenters. The molecule has 0 spiro atoms. The lowest BCUT2D eigenvalue weighted by Gasteiger charge is -2.36. The summed E-state index contributed by atoms with van der Waals surface area (Å²) in [6.07, 6.45) is 2.30. The quantitative estimate of drug-likeness (QED) is 0.462. The number of aliphatic hydroxyl groups is 1. The molecule has 3 heterocycles. The van der Waals surface area contributed by atoms with Crippen molar-refractivity contribution in [2.24, 2.45) is 4.99 Å². The van der Waals surface area contributed by atoms with Gasteiger partial charge >= 0.3 is 0 Å². The molecule has 8 heteroatoms. The van der Waals surface area contributed by atoms with Gasteiger partial charge in [-0.1, -0.05) is 12.1 Å². The Hall–Kier alpha value is -2.16. The first-order valence-corrected chi connectivity index (χ1v) is 11.4. The first-order valence-electron chi connectivity index (χ1n) is 10.5. The largest absolute Gasteiger partial charge is 0.383 e. The molecule has 1 saturated heterocycles. The Morgan fingerprint density at radius 2 is 2.07 bits per heavy atom. The second-order valence-corrected chi connectivity index (χ2v) is 8.93. The maximum atomic E-state index is 10.7. The highest BCUT2D eigenvalue weighted by Crippen LogP contribution is 2.24. The molecule has 0 aliphatic carbocycles. The second-order valence-electron chi connectivity index (χ2n) is 7.99. The summed E-state index contributed by atoms with van der Waals surface area (Å²) in [6, 6.07) is 8.02. The normalized spacial score (nSPS) is 21.9. The van der Waals surface area contributed by atoms with Gasteiger partial charge in [0.05, 0.1) is 25.3 Å². The zero-order chi connectivity index (χ0) is 21.6. The molecule has 1 aliphatic heterocycles. The van der Waals surface area contributed by atoms with Gasteiger partial charge in [0.1, 0.15) is 11.4 Å². The van der Waals surface area contributed by atoms with Crippen LogP contribution in [0.1, 0.15) is 38.1 Å². The summed E-state index contributed by atoms with van der Waals surface area (Å²) >= 11 is 1.55. The first kappa shape index (κ1) is 22.5. The fraction of sp³-hybridized carbons (Fsp3) is 0.545. The molecule has 3 rings (SSSR count). The van der Waals surface area contributed by atoms with Crippen molar-refractivity contribution in [2.75, 3.05) is 31.1 Å². The molecule has 3 unspecified atom stereocenters. The number of guanidine groups is 1. The average molecular weight is 432 g/mol. The van der Waals surface area contributed by atoms with Crippen LogP contribution in [0.2, 0.25) is 0 Å². The molecule has 1 aliphatic rings. The van der Waals surface area contributed by atoms with Crippen LogP contribution in [-0.4, -0.2) is 54.4 Å². The van der Waals surface area contributed by atoms with Crippen LogP contribution in [0.3, 0.4) is 0 Å². The minimum atomic E-state index is -0.944. The number of aromatic nitrogens is 1. The number of hydrogen-bond acceptors (Lipinski definition) is 6. The van der Waals surface area contributed by atoms with Crippen LogP contribution in [0.15, 0.2) is 40.8 Å². The van der Waals surface area contributed by atoms with Gasteiger partial charge in [-0.15, -0.1) is 11.3 Å². The van der Waals surface area contributed by atoms with Crippen LogP contribution >= 0.6 is 11.3 Å². The molecular formula is C22H33N5O2S. The number of morpholine rings is 1. The van der Waals surface area contributed by atoms with E-state index in [9.17, 15) is 5.11 Å². The number of anilines is 1. The van der Waals surface area contributed by atoms with E-state index in [0.29, 0.717) is 19.0 Å². The molecule has 1 fully saturated rings. The molecule has 2 aromatic heterocycles. The van der Waals surface area contributed by atoms with E-state index in [4.69, 9.17) is 4.74 Å². The number of nitrogens with one attached hydrogen (secondary N) is 2. The van der Waals surface area contributed by atoms with Crippen LogP contribution in [0.25, 0.3) is 0 Å². The number of thiophene rings is 1. The minimum Gasteiger partial charge on any atom is -0.383 e. The van der Waals surface area contributed by atoms with Gasteiger partial charge in [-0.3, -0.25) is 0 Å². The van der Waals surface area contributed by atoms with E-state index in [1.54, 1.807) is 11.3 Å². The Kier molecular flexibility index (Phi) is 7.69. The fourth-order valence-corrected chi connectivity index (χ4v) is 4.29. The van der Waals surface area contributed by atoms with E-state index in [-0.39, 0.29) is 12.2 Å². The SMILES string of the molecule is CCNC(=NCc1ccc(N2CC(C)OC(C)C2)nc1)NCC(C)(O)c1cccs1. The van der Waals surface area contributed by atoms with E-state index in [0.717, 1.165) is 35.9 Å². The van der Waals surface area contributed by atoms with Crippen LogP contribution in [0, 0.1) is 0 Å². The van der Waals surface area contributed by atoms with Crippen LogP contribution in [0.4, 0.5) is 5.82 Å². The average Bonchev–Trinajstić information content (AvgIpc) is 3.26. The topological polar surface area (TPSA) is 82.0 Å². The second kappa shape index (κ2) is 10.2. The molecule has 0 bridgehead atoms. The molecule has 0 radical (unpaired) electrons. The zero-order valence-corrected chi connectivity index (χ0v) is 19.1. The number of pyridine rings is 1. The van der Waals surface area contributed by atoms with Crippen molar-refractivity contribution >= 4 is 23.1 Å². The van der Waals surface area contributed by atoms with Crippen molar-refractivity contribution in [3.05, 3.63) is 46.3 Å². The van der Waals surface area contributed by atoms with Crippen LogP contribution in [0.5, 0.6) is 0 Å². The molecule has 3 N–H and O–H groups in total. The van der Waals surface area contributed by atoms with Gasteiger partial charge in [0, 0.05) is 30.7 Å². The third kappa shape index (κ3) is 6.17. The van der Waals surface area contributed by atoms with Crippen molar-refractivity contribution in [1.82, 2.24) is 15.6 Å². The highest BCUT2D eigenvalue weighted by atomic mass is 32.1. The van der Waals surface area contributed by atoms with Crippen molar-refractivity contribution in [1.29, 1.82) is 0 Å². The maximum Gasteiger partial charge on any atom is 0.191 e. The van der Waals surface area contributed by atoms with Gasteiger partial charge in [0.15, 0.2) is 5.96 Å². The molecular weight excluding hydrogens is 398 g/mol. The van der Waals surface area contributed by atoms with Gasteiger partial charge in [-0.25, -0.2) is 9.98 Å². The molecule has 164 valence electrons. The van der Waals surface area contributed by atoms with Gasteiger partial charge in [0.25, 0.3) is 0 Å². The zero-order valence-electron chi connectivity index (χ0n) is 18.3. The van der Waals surface area contributed by atoms with Crippen molar-refractivity contribution < 1.29 is 9.84 Å². The predicted octanol–water partition coefficient (Wildman–Crippen LogP) is 2.72. The van der Waals surface area contributed by atoms with Crippen molar-refractivity contribution in [3.8, 4) is 0 Å². The Morgan fingerprint density at radius 3 is 2.67 bits per heavy atom. The highest BCUT2D eigenvalue weighted by Gasteiger charge is 2.25. The van der Waals surface area contributed by atoms with Crippen molar-refractivity contribution in [3.63, 3.8) is 0 Å². The summed E-state index contributed by atoms with van der Waals surface area (Å²) in [6.45, 7) is 11.4. The number of ether oxygens (including phenoxy) is 1. The summed E-state index contributed by atoms with van der Waals surface area (Å²) in [5, 5.41) is 19.2. The molecule has 2 aromatic rings. The van der Waals surface area contributed by atoms with E-state index in [1.807, 2.05) is 37.6 Å². The van der Waals surface area contributed by atoms with Gasteiger partial charge in [-0.2, -0.15) is 0 Å². The number of rotatable bonds is 7. The molecule has 0 saturated carbocycles. The van der Waals surface area contributed by atoms with E-state index in [1.165, 1.54) is 0 Å². The maximum absolute atomic E-state index is 10.7. The standard InChI is InChI=1S/C22H33N5O2S/c1-5-23-21(26-15-22(4,28)19-7-6-10-30-19)25-12-18-8-9-20(24-11-18)27-13-16(2)29-17(3)14-27/h6-11,16-17,28H,5,12-15H2,1-4H3,(H2,23,25,26). The molecule has 30 heavy (non-hydrogen) atoms. The van der Waals surface area contributed by atoms with Crippen molar-refractivity contribution in [2.45, 2.75) is 52.0 Å². The third-order valence-electron chi connectivity index (χ3n) is 4.97. The van der Waals surface area contributed by atoms with E-state index < -0.39 is 5.60 Å². The summed E-state index contributed by atoms with van der Waals surface area (Å²) in [7, 11) is 0. The summed E-state index contributed by atoms with van der Waals surface area (Å²) in [5.74, 6) is 1.65. The fourth-order valence-electron chi connectivity index (χ4n) is 3.50. The Morgan fingerprint density at radius 1 is 1.30 bits per heavy atom. The lowest BCUT2D eigenvalue weighted by molar-refractivity contribution is -0.00546. The van der Waals surface area contributed by atoms with Gasteiger partial charge < -0.3 is 25.4 Å². The monoisotopic (exact) mass is 431 g/mol. The predicted molar refractivity (Wildman–Crippen MR) is 123 cm³/mol. The van der Waals surface area contributed by atoms with Crippen LogP contribution in [-0.2, 0) is 16.9 Å². The summed E-state index contributed by atoms with van der Waals surface area (Å²) < 4.78 is 5.80. The number of aliphatic imine (C=N–C) groups is 1. The van der Waals surface area contributed by atoms with Gasteiger partial charge in [-0.05, 0) is 50.8 Å². The molecule has 0 amide bonds. The Balaban J connectivity index is 1.59.